The molecule has 1 aliphatic heterocycles. The zero-order valence-electron chi connectivity index (χ0n) is 9.97. The number of piperidine rings is 1. The number of rotatable bonds is 2. The molecule has 0 radical (unpaired) electrons. The van der Waals surface area contributed by atoms with Gasteiger partial charge < -0.3 is 10.4 Å². The van der Waals surface area contributed by atoms with E-state index in [4.69, 9.17) is 0 Å². The summed E-state index contributed by atoms with van der Waals surface area (Å²) in [7, 11) is 0. The lowest BCUT2D eigenvalue weighted by Crippen LogP contribution is -2.55. The Hall–Kier alpha value is -0.0800. The first kappa shape index (κ1) is 11.4. The highest BCUT2D eigenvalue weighted by Gasteiger charge is 2.40. The summed E-state index contributed by atoms with van der Waals surface area (Å²) in [6.45, 7) is 3.15. The van der Waals surface area contributed by atoms with E-state index in [1.807, 2.05) is 0 Å². The minimum absolute atomic E-state index is 0.342. The molecule has 0 aromatic heterocycles. The maximum Gasteiger partial charge on any atom is 0.0799 e. The van der Waals surface area contributed by atoms with Crippen LogP contribution < -0.4 is 5.32 Å². The quantitative estimate of drug-likeness (QED) is 0.735. The summed E-state index contributed by atoms with van der Waals surface area (Å²) in [6, 6.07) is 0.342. The van der Waals surface area contributed by atoms with Gasteiger partial charge in [0.15, 0.2) is 0 Å². The first-order chi connectivity index (χ1) is 7.21. The summed E-state index contributed by atoms with van der Waals surface area (Å²) in [5, 5.41) is 14.2. The van der Waals surface area contributed by atoms with E-state index in [-0.39, 0.29) is 0 Å². The molecule has 1 aliphatic carbocycles. The van der Waals surface area contributed by atoms with Crippen LogP contribution in [0.4, 0.5) is 0 Å². The van der Waals surface area contributed by atoms with Crippen LogP contribution in [0.15, 0.2) is 0 Å². The summed E-state index contributed by atoms with van der Waals surface area (Å²) < 4.78 is 0. The molecule has 2 nitrogen and oxygen atoms in total. The third kappa shape index (κ3) is 2.54. The zero-order valence-corrected chi connectivity index (χ0v) is 9.97. The second kappa shape index (κ2) is 4.84. The molecule has 88 valence electrons. The van der Waals surface area contributed by atoms with E-state index in [1.165, 1.54) is 44.9 Å². The van der Waals surface area contributed by atoms with Crippen molar-refractivity contribution < 1.29 is 5.11 Å². The zero-order chi connectivity index (χ0) is 10.7. The van der Waals surface area contributed by atoms with Crippen LogP contribution in [0.2, 0.25) is 0 Å². The summed E-state index contributed by atoms with van der Waals surface area (Å²) >= 11 is 0. The van der Waals surface area contributed by atoms with Crippen LogP contribution >= 0.6 is 0 Å². The van der Waals surface area contributed by atoms with Gasteiger partial charge in [-0.05, 0) is 45.1 Å². The van der Waals surface area contributed by atoms with E-state index in [2.05, 4.69) is 12.2 Å². The summed E-state index contributed by atoms with van der Waals surface area (Å²) in [5.41, 5.74) is -0.471. The summed E-state index contributed by atoms with van der Waals surface area (Å²) in [5.74, 6) is 0.529. The maximum absolute atomic E-state index is 10.7. The molecule has 2 rings (SSSR count). The highest BCUT2D eigenvalue weighted by atomic mass is 16.3. The van der Waals surface area contributed by atoms with Gasteiger partial charge in [-0.15, -0.1) is 0 Å². The molecule has 2 heteroatoms. The lowest BCUT2D eigenvalue weighted by atomic mass is 9.72. The monoisotopic (exact) mass is 211 g/mol. The minimum atomic E-state index is -0.471. The molecule has 0 bridgehead atoms. The van der Waals surface area contributed by atoms with Crippen molar-refractivity contribution in [1.82, 2.24) is 5.32 Å². The minimum Gasteiger partial charge on any atom is -0.388 e. The molecule has 1 heterocycles. The first-order valence-corrected chi connectivity index (χ1v) is 6.67. The Bertz CT molecular complexity index is 171. The topological polar surface area (TPSA) is 32.3 Å². The van der Waals surface area contributed by atoms with Crippen LogP contribution in [-0.4, -0.2) is 23.3 Å². The molecule has 1 saturated heterocycles. The molecule has 0 aromatic carbocycles. The van der Waals surface area contributed by atoms with Crippen molar-refractivity contribution in [3.8, 4) is 0 Å². The van der Waals surface area contributed by atoms with Gasteiger partial charge in [0.2, 0.25) is 0 Å². The van der Waals surface area contributed by atoms with E-state index < -0.39 is 5.60 Å². The van der Waals surface area contributed by atoms with Crippen LogP contribution in [0.3, 0.4) is 0 Å². The lowest BCUT2D eigenvalue weighted by molar-refractivity contribution is -0.0541. The Balaban J connectivity index is 1.96. The van der Waals surface area contributed by atoms with Crippen LogP contribution in [0, 0.1) is 5.92 Å². The molecule has 0 spiro atoms. The van der Waals surface area contributed by atoms with Gasteiger partial charge in [0.05, 0.1) is 5.60 Å². The molecule has 2 atom stereocenters. The molecule has 1 saturated carbocycles. The molecular weight excluding hydrogens is 186 g/mol. The summed E-state index contributed by atoms with van der Waals surface area (Å²) in [4.78, 5) is 0. The van der Waals surface area contributed by atoms with Crippen LogP contribution in [0.25, 0.3) is 0 Å². The molecule has 0 aromatic rings. The normalized spacial score (nSPS) is 33.6. The van der Waals surface area contributed by atoms with E-state index in [0.29, 0.717) is 12.0 Å². The van der Waals surface area contributed by atoms with Crippen molar-refractivity contribution in [1.29, 1.82) is 0 Å². The van der Waals surface area contributed by atoms with Crippen molar-refractivity contribution in [2.24, 2.45) is 5.92 Å². The molecule has 0 amide bonds. The predicted octanol–water partition coefficient (Wildman–Crippen LogP) is 2.46. The van der Waals surface area contributed by atoms with Gasteiger partial charge in [-0.1, -0.05) is 25.7 Å². The van der Waals surface area contributed by atoms with Crippen molar-refractivity contribution in [2.75, 3.05) is 6.54 Å². The van der Waals surface area contributed by atoms with Crippen LogP contribution in [-0.2, 0) is 0 Å². The van der Waals surface area contributed by atoms with E-state index >= 15 is 0 Å². The van der Waals surface area contributed by atoms with E-state index in [9.17, 15) is 5.11 Å². The van der Waals surface area contributed by atoms with Crippen molar-refractivity contribution >= 4 is 0 Å². The highest BCUT2D eigenvalue weighted by molar-refractivity contribution is 4.95. The molecule has 15 heavy (non-hydrogen) atoms. The molecule has 2 fully saturated rings. The van der Waals surface area contributed by atoms with Gasteiger partial charge in [-0.2, -0.15) is 0 Å². The molecule has 2 N–H and O–H groups in total. The molecular formula is C13H25NO. The second-order valence-electron chi connectivity index (χ2n) is 5.56. The Kier molecular flexibility index (Phi) is 3.68. The Labute approximate surface area is 93.5 Å². The standard InChI is InChI=1S/C13H25NO/c1-13(15,11-7-3-2-4-8-11)12-9-5-6-10-14-12/h11-12,14-15H,2-10H2,1H3/t12?,13-/m1/s1. The number of aliphatic hydroxyl groups is 1. The molecule has 1 unspecified atom stereocenters. The second-order valence-corrected chi connectivity index (χ2v) is 5.56. The fourth-order valence-electron chi connectivity index (χ4n) is 3.32. The van der Waals surface area contributed by atoms with Gasteiger partial charge in [-0.3, -0.25) is 0 Å². The lowest BCUT2D eigenvalue weighted by Gasteiger charge is -2.43. The predicted molar refractivity (Wildman–Crippen MR) is 62.8 cm³/mol. The Morgan fingerprint density at radius 2 is 1.67 bits per heavy atom. The fourth-order valence-corrected chi connectivity index (χ4v) is 3.32. The van der Waals surface area contributed by atoms with Gasteiger partial charge in [-0.25, -0.2) is 0 Å². The Morgan fingerprint density at radius 1 is 1.00 bits per heavy atom. The number of nitrogens with one attached hydrogen (secondary N) is 1. The van der Waals surface area contributed by atoms with Gasteiger partial charge in [0.25, 0.3) is 0 Å². The van der Waals surface area contributed by atoms with Crippen molar-refractivity contribution in [2.45, 2.75) is 69.9 Å². The highest BCUT2D eigenvalue weighted by Crippen LogP contribution is 2.36. The third-order valence-electron chi connectivity index (χ3n) is 4.45. The van der Waals surface area contributed by atoms with E-state index in [1.54, 1.807) is 0 Å². The van der Waals surface area contributed by atoms with Crippen LogP contribution in [0.1, 0.15) is 58.3 Å². The number of hydrogen-bond acceptors (Lipinski definition) is 2. The third-order valence-corrected chi connectivity index (χ3v) is 4.45. The van der Waals surface area contributed by atoms with E-state index in [0.717, 1.165) is 13.0 Å². The van der Waals surface area contributed by atoms with Crippen LogP contribution in [0.5, 0.6) is 0 Å². The largest absolute Gasteiger partial charge is 0.388 e. The average molecular weight is 211 g/mol. The van der Waals surface area contributed by atoms with Gasteiger partial charge >= 0.3 is 0 Å². The van der Waals surface area contributed by atoms with Gasteiger partial charge in [0, 0.05) is 6.04 Å². The average Bonchev–Trinajstić information content (AvgIpc) is 2.31. The Morgan fingerprint density at radius 3 is 2.27 bits per heavy atom. The number of hydrogen-bond donors (Lipinski definition) is 2. The smallest absolute Gasteiger partial charge is 0.0799 e. The first-order valence-electron chi connectivity index (χ1n) is 6.67. The fraction of sp³-hybridized carbons (Fsp3) is 1.00. The van der Waals surface area contributed by atoms with Crippen molar-refractivity contribution in [3.05, 3.63) is 0 Å². The SMILES string of the molecule is C[C@@](O)(C1CCCCC1)C1CCCCN1. The maximum atomic E-state index is 10.7. The van der Waals surface area contributed by atoms with Crippen molar-refractivity contribution in [3.63, 3.8) is 0 Å². The molecule has 2 aliphatic rings. The van der Waals surface area contributed by atoms with Gasteiger partial charge in [0.1, 0.15) is 0 Å². The summed E-state index contributed by atoms with van der Waals surface area (Å²) in [6.07, 6.45) is 10.2.